The third kappa shape index (κ3) is 8.09. The first-order chi connectivity index (χ1) is 16.5. The Bertz CT molecular complexity index is 1100. The Morgan fingerprint density at radius 3 is 2.23 bits per heavy atom. The average Bonchev–Trinajstić information content (AvgIpc) is 2.81. The molecule has 0 aliphatic carbocycles. The number of carbonyl (C=O) groups is 2. The van der Waals surface area contributed by atoms with E-state index in [4.69, 9.17) is 0 Å². The molecule has 0 radical (unpaired) electrons. The second-order valence-electron chi connectivity index (χ2n) is 9.12. The number of rotatable bonds is 12. The van der Waals surface area contributed by atoms with Gasteiger partial charge in [0.05, 0.1) is 11.9 Å². The first-order valence-electron chi connectivity index (χ1n) is 12.2. The third-order valence-corrected chi connectivity index (χ3v) is 7.31. The van der Waals surface area contributed by atoms with E-state index in [0.717, 1.165) is 33.7 Å². The van der Waals surface area contributed by atoms with Gasteiger partial charge in [-0.25, -0.2) is 8.42 Å². The average molecular weight is 502 g/mol. The van der Waals surface area contributed by atoms with Gasteiger partial charge in [-0.3, -0.25) is 13.9 Å². The zero-order valence-corrected chi connectivity index (χ0v) is 22.6. The van der Waals surface area contributed by atoms with Crippen molar-refractivity contribution in [1.29, 1.82) is 0 Å². The minimum atomic E-state index is -3.74. The van der Waals surface area contributed by atoms with Crippen LogP contribution in [0.2, 0.25) is 0 Å². The molecule has 0 aliphatic heterocycles. The lowest BCUT2D eigenvalue weighted by Crippen LogP contribution is -2.54. The van der Waals surface area contributed by atoms with E-state index >= 15 is 0 Å². The molecule has 1 N–H and O–H groups in total. The molecule has 8 heteroatoms. The standard InChI is InChI=1S/C27H39N3O4S/c1-7-22(5)28-27(32)24(8-2)29(17-16-23-12-10-9-11-13-23)26(31)19-30(35(6,33)34)25-18-20(3)14-15-21(25)4/h9-15,18,22,24H,7-8,16-17,19H2,1-6H3,(H,28,32)/t22-,24+/m1/s1. The van der Waals surface area contributed by atoms with Crippen LogP contribution >= 0.6 is 0 Å². The summed E-state index contributed by atoms with van der Waals surface area (Å²) < 4.78 is 26.7. The normalized spacial score (nSPS) is 13.1. The molecule has 2 aromatic carbocycles. The Hall–Kier alpha value is -2.87. The molecule has 2 amide bonds. The van der Waals surface area contributed by atoms with Gasteiger partial charge in [0, 0.05) is 12.6 Å². The van der Waals surface area contributed by atoms with E-state index in [9.17, 15) is 18.0 Å². The number of benzene rings is 2. The molecule has 0 spiro atoms. The molecule has 0 saturated heterocycles. The number of hydrogen-bond acceptors (Lipinski definition) is 4. The molecule has 0 aromatic heterocycles. The largest absolute Gasteiger partial charge is 0.352 e. The van der Waals surface area contributed by atoms with Crippen LogP contribution in [0.4, 0.5) is 5.69 Å². The summed E-state index contributed by atoms with van der Waals surface area (Å²) in [6.45, 7) is 9.40. The number of aryl methyl sites for hydroxylation is 2. The molecule has 192 valence electrons. The zero-order valence-electron chi connectivity index (χ0n) is 21.7. The topological polar surface area (TPSA) is 86.8 Å². The highest BCUT2D eigenvalue weighted by molar-refractivity contribution is 7.92. The van der Waals surface area contributed by atoms with Gasteiger partial charge in [-0.1, -0.05) is 56.3 Å². The fourth-order valence-corrected chi connectivity index (χ4v) is 4.82. The molecule has 0 heterocycles. The second kappa shape index (κ2) is 12.7. The van der Waals surface area contributed by atoms with E-state index in [1.807, 2.05) is 77.1 Å². The van der Waals surface area contributed by atoms with Gasteiger partial charge in [0.1, 0.15) is 12.6 Å². The number of sulfonamides is 1. The van der Waals surface area contributed by atoms with Gasteiger partial charge >= 0.3 is 0 Å². The fraction of sp³-hybridized carbons (Fsp3) is 0.481. The highest BCUT2D eigenvalue weighted by Crippen LogP contribution is 2.24. The van der Waals surface area contributed by atoms with Gasteiger partial charge in [0.25, 0.3) is 0 Å². The van der Waals surface area contributed by atoms with Gasteiger partial charge in [0.15, 0.2) is 0 Å². The number of anilines is 1. The Labute approximate surface area is 210 Å². The summed E-state index contributed by atoms with van der Waals surface area (Å²) in [6.07, 6.45) is 2.85. The highest BCUT2D eigenvalue weighted by Gasteiger charge is 2.32. The van der Waals surface area contributed by atoms with Crippen LogP contribution < -0.4 is 9.62 Å². The molecule has 2 atom stereocenters. The maximum absolute atomic E-state index is 13.7. The van der Waals surface area contributed by atoms with Crippen LogP contribution in [0, 0.1) is 13.8 Å². The van der Waals surface area contributed by atoms with E-state index in [-0.39, 0.29) is 18.5 Å². The summed E-state index contributed by atoms with van der Waals surface area (Å²) in [7, 11) is -3.74. The van der Waals surface area contributed by atoms with Crippen molar-refractivity contribution in [2.24, 2.45) is 0 Å². The summed E-state index contributed by atoms with van der Waals surface area (Å²) in [5.41, 5.74) is 3.16. The van der Waals surface area contributed by atoms with Crippen molar-refractivity contribution in [3.8, 4) is 0 Å². The Morgan fingerprint density at radius 1 is 1.00 bits per heavy atom. The molecule has 0 unspecified atom stereocenters. The maximum atomic E-state index is 13.7. The first kappa shape index (κ1) is 28.4. The lowest BCUT2D eigenvalue weighted by Gasteiger charge is -2.33. The van der Waals surface area contributed by atoms with Gasteiger partial charge in [-0.05, 0) is 62.8 Å². The Balaban J connectivity index is 2.40. The van der Waals surface area contributed by atoms with Crippen LogP contribution in [0.3, 0.4) is 0 Å². The van der Waals surface area contributed by atoms with Gasteiger partial charge in [-0.15, -0.1) is 0 Å². The summed E-state index contributed by atoms with van der Waals surface area (Å²) in [5.74, 6) is -0.626. The number of hydrogen-bond donors (Lipinski definition) is 1. The molecule has 7 nitrogen and oxygen atoms in total. The summed E-state index contributed by atoms with van der Waals surface area (Å²) in [5, 5.41) is 2.98. The Morgan fingerprint density at radius 2 is 1.66 bits per heavy atom. The number of carbonyl (C=O) groups excluding carboxylic acids is 2. The molecule has 0 fully saturated rings. The monoisotopic (exact) mass is 501 g/mol. The fourth-order valence-electron chi connectivity index (χ4n) is 3.92. The molecular weight excluding hydrogens is 462 g/mol. The second-order valence-corrected chi connectivity index (χ2v) is 11.0. The van der Waals surface area contributed by atoms with Crippen molar-refractivity contribution >= 4 is 27.5 Å². The predicted molar refractivity (Wildman–Crippen MR) is 142 cm³/mol. The first-order valence-corrected chi connectivity index (χ1v) is 14.0. The molecule has 0 saturated carbocycles. The van der Waals surface area contributed by atoms with E-state index in [1.165, 1.54) is 4.90 Å². The van der Waals surface area contributed by atoms with Crippen LogP contribution in [-0.2, 0) is 26.0 Å². The molecule has 2 rings (SSSR count). The third-order valence-electron chi connectivity index (χ3n) is 6.18. The van der Waals surface area contributed by atoms with Gasteiger partial charge in [0.2, 0.25) is 21.8 Å². The van der Waals surface area contributed by atoms with E-state index in [1.54, 1.807) is 6.07 Å². The number of nitrogens with one attached hydrogen (secondary N) is 1. The van der Waals surface area contributed by atoms with Crippen molar-refractivity contribution in [1.82, 2.24) is 10.2 Å². The maximum Gasteiger partial charge on any atom is 0.244 e. The summed E-state index contributed by atoms with van der Waals surface area (Å²) >= 11 is 0. The predicted octanol–water partition coefficient (Wildman–Crippen LogP) is 3.83. The quantitative estimate of drug-likeness (QED) is 0.479. The lowest BCUT2D eigenvalue weighted by atomic mass is 10.1. The summed E-state index contributed by atoms with van der Waals surface area (Å²) in [6, 6.07) is 14.5. The van der Waals surface area contributed by atoms with Crippen LogP contribution in [0.25, 0.3) is 0 Å². The molecular formula is C27H39N3O4S. The lowest BCUT2D eigenvalue weighted by molar-refractivity contribution is -0.139. The van der Waals surface area contributed by atoms with Crippen LogP contribution in [0.1, 0.15) is 50.3 Å². The molecule has 0 bridgehead atoms. The van der Waals surface area contributed by atoms with Crippen molar-refractivity contribution in [3.05, 3.63) is 65.2 Å². The van der Waals surface area contributed by atoms with E-state index < -0.39 is 22.0 Å². The van der Waals surface area contributed by atoms with Crippen LogP contribution in [0.5, 0.6) is 0 Å². The van der Waals surface area contributed by atoms with Crippen molar-refractivity contribution in [2.45, 2.75) is 66.0 Å². The SMILES string of the molecule is CC[C@@H](C)NC(=O)[C@H](CC)N(CCc1ccccc1)C(=O)CN(c1cc(C)ccc1C)S(C)(=O)=O. The van der Waals surface area contributed by atoms with E-state index in [2.05, 4.69) is 5.32 Å². The minimum absolute atomic E-state index is 0.0231. The molecule has 0 aliphatic rings. The van der Waals surface area contributed by atoms with Crippen LogP contribution in [0.15, 0.2) is 48.5 Å². The van der Waals surface area contributed by atoms with Gasteiger partial charge < -0.3 is 10.2 Å². The highest BCUT2D eigenvalue weighted by atomic mass is 32.2. The van der Waals surface area contributed by atoms with Gasteiger partial charge in [-0.2, -0.15) is 0 Å². The zero-order chi connectivity index (χ0) is 26.2. The smallest absolute Gasteiger partial charge is 0.244 e. The van der Waals surface area contributed by atoms with Crippen LogP contribution in [-0.4, -0.2) is 56.6 Å². The number of nitrogens with zero attached hydrogens (tertiary/aromatic N) is 2. The van der Waals surface area contributed by atoms with Crippen molar-refractivity contribution < 1.29 is 18.0 Å². The van der Waals surface area contributed by atoms with Crippen molar-refractivity contribution in [3.63, 3.8) is 0 Å². The van der Waals surface area contributed by atoms with Crippen molar-refractivity contribution in [2.75, 3.05) is 23.7 Å². The molecule has 2 aromatic rings. The molecule has 35 heavy (non-hydrogen) atoms. The Kier molecular flexibility index (Phi) is 10.3. The summed E-state index contributed by atoms with van der Waals surface area (Å²) in [4.78, 5) is 28.3. The van der Waals surface area contributed by atoms with E-state index in [0.29, 0.717) is 25.1 Å². The minimum Gasteiger partial charge on any atom is -0.352 e. The number of amides is 2.